The zero-order chi connectivity index (χ0) is 22.7. The lowest BCUT2D eigenvalue weighted by Gasteiger charge is -2.16. The van der Waals surface area contributed by atoms with Crippen LogP contribution in [0.15, 0.2) is 33.9 Å². The molecular formula is C21H29N5O5. The summed E-state index contributed by atoms with van der Waals surface area (Å²) in [5.74, 6) is 0.931. The number of ether oxygens (including phenoxy) is 1. The molecule has 2 heterocycles. The summed E-state index contributed by atoms with van der Waals surface area (Å²) in [6.07, 6.45) is -0.725. The van der Waals surface area contributed by atoms with Gasteiger partial charge in [-0.1, -0.05) is 19.1 Å². The smallest absolute Gasteiger partial charge is 0.332 e. The Kier molecular flexibility index (Phi) is 6.81. The maximum absolute atomic E-state index is 12.8. The standard InChI is InChI=1S/C21H29N5O5/c1-5-14-7-6-8-16(9-14)31-12-15(28)11-26-17-18(23-20(26)22-10-13(2)27)24(3)21(30)25(4)19(17)29/h6-9,13,15,27-28H,5,10-12H2,1-4H3,(H,22,23)/t13-,15+/m1/s1. The van der Waals surface area contributed by atoms with Crippen molar-refractivity contribution < 1.29 is 14.9 Å². The van der Waals surface area contributed by atoms with E-state index in [4.69, 9.17) is 4.74 Å². The van der Waals surface area contributed by atoms with E-state index in [2.05, 4.69) is 10.3 Å². The molecule has 3 N–H and O–H groups in total. The van der Waals surface area contributed by atoms with Gasteiger partial charge in [0, 0.05) is 20.6 Å². The minimum Gasteiger partial charge on any atom is -0.491 e. The van der Waals surface area contributed by atoms with Crippen molar-refractivity contribution in [2.24, 2.45) is 14.1 Å². The van der Waals surface area contributed by atoms with Gasteiger partial charge in [-0.2, -0.15) is 4.98 Å². The topological polar surface area (TPSA) is 124 Å². The minimum absolute atomic E-state index is 0.00869. The van der Waals surface area contributed by atoms with Gasteiger partial charge in [0.2, 0.25) is 5.95 Å². The maximum Gasteiger partial charge on any atom is 0.332 e. The Bertz CT molecular complexity index is 1180. The number of hydrogen-bond donors (Lipinski definition) is 3. The molecule has 0 fully saturated rings. The van der Waals surface area contributed by atoms with E-state index in [0.717, 1.165) is 16.6 Å². The van der Waals surface area contributed by atoms with Crippen LogP contribution in [0.4, 0.5) is 5.95 Å². The van der Waals surface area contributed by atoms with E-state index in [0.29, 0.717) is 5.75 Å². The number of aromatic nitrogens is 4. The van der Waals surface area contributed by atoms with Crippen LogP contribution in [0.5, 0.6) is 5.75 Å². The van der Waals surface area contributed by atoms with Gasteiger partial charge in [-0.05, 0) is 31.0 Å². The van der Waals surface area contributed by atoms with E-state index in [9.17, 15) is 19.8 Å². The molecule has 0 amide bonds. The van der Waals surface area contributed by atoms with Crippen LogP contribution < -0.4 is 21.3 Å². The SMILES string of the molecule is CCc1cccc(OC[C@@H](O)Cn2c(NC[C@@H](C)O)nc3c2c(=O)n(C)c(=O)n3C)c1. The highest BCUT2D eigenvalue weighted by Gasteiger charge is 2.21. The monoisotopic (exact) mass is 431 g/mol. The largest absolute Gasteiger partial charge is 0.491 e. The van der Waals surface area contributed by atoms with E-state index < -0.39 is 23.5 Å². The summed E-state index contributed by atoms with van der Waals surface area (Å²) in [7, 11) is 2.92. The first-order valence-electron chi connectivity index (χ1n) is 10.2. The molecule has 2 aromatic heterocycles. The van der Waals surface area contributed by atoms with Crippen LogP contribution in [-0.2, 0) is 27.1 Å². The zero-order valence-electron chi connectivity index (χ0n) is 18.2. The predicted octanol–water partition coefficient (Wildman–Crippen LogP) is 0.229. The molecule has 0 aliphatic heterocycles. The Balaban J connectivity index is 1.92. The predicted molar refractivity (Wildman–Crippen MR) is 118 cm³/mol. The summed E-state index contributed by atoms with van der Waals surface area (Å²) >= 11 is 0. The lowest BCUT2D eigenvalue weighted by Crippen LogP contribution is -2.38. The molecule has 0 saturated carbocycles. The second-order valence-electron chi connectivity index (χ2n) is 7.62. The molecule has 10 heteroatoms. The van der Waals surface area contributed by atoms with Gasteiger partial charge >= 0.3 is 5.69 Å². The molecule has 0 aliphatic rings. The van der Waals surface area contributed by atoms with Gasteiger partial charge in [0.25, 0.3) is 5.56 Å². The van der Waals surface area contributed by atoms with Crippen LogP contribution in [0.2, 0.25) is 0 Å². The number of fused-ring (bicyclic) bond motifs is 1. The first-order valence-corrected chi connectivity index (χ1v) is 10.2. The van der Waals surface area contributed by atoms with Gasteiger partial charge in [-0.25, -0.2) is 4.79 Å². The molecule has 0 aliphatic carbocycles. The van der Waals surface area contributed by atoms with Crippen LogP contribution in [0.3, 0.4) is 0 Å². The van der Waals surface area contributed by atoms with Crippen molar-refractivity contribution in [2.75, 3.05) is 18.5 Å². The van der Waals surface area contributed by atoms with Gasteiger partial charge in [0.15, 0.2) is 11.2 Å². The number of aliphatic hydroxyl groups is 2. The lowest BCUT2D eigenvalue weighted by atomic mass is 10.2. The first kappa shape index (κ1) is 22.6. The van der Waals surface area contributed by atoms with Crippen molar-refractivity contribution in [3.8, 4) is 5.75 Å². The molecule has 31 heavy (non-hydrogen) atoms. The van der Waals surface area contributed by atoms with Gasteiger partial charge < -0.3 is 24.8 Å². The molecule has 0 spiro atoms. The summed E-state index contributed by atoms with van der Waals surface area (Å²) in [6.45, 7) is 3.87. The summed E-state index contributed by atoms with van der Waals surface area (Å²) in [6, 6.07) is 7.63. The normalized spacial score (nSPS) is 13.4. The summed E-state index contributed by atoms with van der Waals surface area (Å²) in [4.78, 5) is 29.5. The van der Waals surface area contributed by atoms with Crippen LogP contribution >= 0.6 is 0 Å². The third-order valence-corrected chi connectivity index (χ3v) is 5.05. The number of hydrogen-bond acceptors (Lipinski definition) is 7. The highest BCUT2D eigenvalue weighted by atomic mass is 16.5. The average Bonchev–Trinajstić information content (AvgIpc) is 3.11. The molecule has 3 aromatic rings. The minimum atomic E-state index is -0.947. The van der Waals surface area contributed by atoms with Gasteiger partial charge in [0.05, 0.1) is 12.6 Å². The third kappa shape index (κ3) is 4.80. The van der Waals surface area contributed by atoms with Crippen molar-refractivity contribution in [1.29, 1.82) is 0 Å². The fourth-order valence-corrected chi connectivity index (χ4v) is 3.31. The van der Waals surface area contributed by atoms with Crippen LogP contribution in [-0.4, -0.2) is 54.3 Å². The molecule has 0 bridgehead atoms. The van der Waals surface area contributed by atoms with E-state index in [1.807, 2.05) is 31.2 Å². The quantitative estimate of drug-likeness (QED) is 0.443. The fourth-order valence-electron chi connectivity index (χ4n) is 3.31. The second-order valence-corrected chi connectivity index (χ2v) is 7.62. The molecule has 10 nitrogen and oxygen atoms in total. The van der Waals surface area contributed by atoms with Gasteiger partial charge in [-0.15, -0.1) is 0 Å². The number of benzene rings is 1. The number of rotatable bonds is 9. The summed E-state index contributed by atoms with van der Waals surface area (Å²) in [5.41, 5.74) is 0.500. The first-order chi connectivity index (χ1) is 14.7. The van der Waals surface area contributed by atoms with Crippen LogP contribution in [0.1, 0.15) is 19.4 Å². The van der Waals surface area contributed by atoms with E-state index in [-0.39, 0.29) is 36.8 Å². The molecule has 3 rings (SSSR count). The van der Waals surface area contributed by atoms with Crippen molar-refractivity contribution in [2.45, 2.75) is 39.0 Å². The Morgan fingerprint density at radius 2 is 1.94 bits per heavy atom. The number of aryl methyl sites for hydroxylation is 2. The second kappa shape index (κ2) is 9.36. The van der Waals surface area contributed by atoms with E-state index >= 15 is 0 Å². The number of aliphatic hydroxyl groups excluding tert-OH is 2. The number of nitrogens with zero attached hydrogens (tertiary/aromatic N) is 4. The molecule has 2 atom stereocenters. The van der Waals surface area contributed by atoms with Crippen LogP contribution in [0, 0.1) is 0 Å². The molecule has 0 saturated heterocycles. The number of nitrogens with one attached hydrogen (secondary N) is 1. The van der Waals surface area contributed by atoms with Crippen LogP contribution in [0.25, 0.3) is 11.2 Å². The molecular weight excluding hydrogens is 402 g/mol. The Morgan fingerprint density at radius 3 is 2.61 bits per heavy atom. The Hall–Kier alpha value is -3.11. The summed E-state index contributed by atoms with van der Waals surface area (Å²) in [5, 5.41) is 23.2. The molecule has 168 valence electrons. The van der Waals surface area contributed by atoms with Crippen molar-refractivity contribution in [3.63, 3.8) is 0 Å². The maximum atomic E-state index is 12.8. The number of anilines is 1. The highest BCUT2D eigenvalue weighted by Crippen LogP contribution is 2.18. The lowest BCUT2D eigenvalue weighted by molar-refractivity contribution is 0.0937. The molecule has 1 aromatic carbocycles. The van der Waals surface area contributed by atoms with E-state index in [1.54, 1.807) is 6.92 Å². The van der Waals surface area contributed by atoms with Gasteiger partial charge in [0.1, 0.15) is 18.5 Å². The van der Waals surface area contributed by atoms with Crippen molar-refractivity contribution in [3.05, 3.63) is 50.7 Å². The van der Waals surface area contributed by atoms with E-state index in [1.165, 1.54) is 23.2 Å². The molecule has 0 unspecified atom stereocenters. The third-order valence-electron chi connectivity index (χ3n) is 5.05. The highest BCUT2D eigenvalue weighted by molar-refractivity contribution is 5.74. The Morgan fingerprint density at radius 1 is 1.19 bits per heavy atom. The van der Waals surface area contributed by atoms with Crippen molar-refractivity contribution >= 4 is 17.1 Å². The zero-order valence-corrected chi connectivity index (χ0v) is 18.2. The van der Waals surface area contributed by atoms with Crippen molar-refractivity contribution in [1.82, 2.24) is 18.7 Å². The number of imidazole rings is 1. The Labute approximate surface area is 179 Å². The average molecular weight is 431 g/mol. The summed E-state index contributed by atoms with van der Waals surface area (Å²) < 4.78 is 9.52. The van der Waals surface area contributed by atoms with Gasteiger partial charge in [-0.3, -0.25) is 13.9 Å². The fraction of sp³-hybridized carbons (Fsp3) is 0.476. The molecule has 0 radical (unpaired) electrons.